The van der Waals surface area contributed by atoms with Gasteiger partial charge in [0.15, 0.2) is 5.58 Å². The molecular formula is C12H10Cl2O2. The number of halogens is 2. The first-order valence-electron chi connectivity index (χ1n) is 4.93. The van der Waals surface area contributed by atoms with E-state index in [1.165, 1.54) is 0 Å². The van der Waals surface area contributed by atoms with Crippen LogP contribution in [0.5, 0.6) is 0 Å². The van der Waals surface area contributed by atoms with Crippen LogP contribution in [0.4, 0.5) is 0 Å². The molecule has 0 fully saturated rings. The van der Waals surface area contributed by atoms with Crippen molar-refractivity contribution in [3.8, 4) is 0 Å². The van der Waals surface area contributed by atoms with E-state index in [-0.39, 0.29) is 5.24 Å². The summed E-state index contributed by atoms with van der Waals surface area (Å²) in [5.74, 6) is 0. The molecule has 0 amide bonds. The third-order valence-electron chi connectivity index (χ3n) is 2.55. The quantitative estimate of drug-likeness (QED) is 0.775. The van der Waals surface area contributed by atoms with Gasteiger partial charge in [0.05, 0.1) is 11.3 Å². The van der Waals surface area contributed by atoms with E-state index in [1.807, 2.05) is 13.0 Å². The number of hydrogen-bond donors (Lipinski definition) is 0. The van der Waals surface area contributed by atoms with Crippen molar-refractivity contribution in [1.29, 1.82) is 0 Å². The topological polar surface area (TPSA) is 30.2 Å². The summed E-state index contributed by atoms with van der Waals surface area (Å²) in [6.07, 6.45) is 2.53. The largest absolute Gasteiger partial charge is 0.462 e. The van der Waals surface area contributed by atoms with E-state index >= 15 is 0 Å². The van der Waals surface area contributed by atoms with Crippen LogP contribution in [0.25, 0.3) is 11.0 Å². The molecule has 84 valence electrons. The van der Waals surface area contributed by atoms with Crippen LogP contribution < -0.4 is 0 Å². The summed E-state index contributed by atoms with van der Waals surface area (Å²) >= 11 is 11.3. The van der Waals surface area contributed by atoms with Gasteiger partial charge in [-0.3, -0.25) is 4.79 Å². The minimum absolute atomic E-state index is 0.308. The molecule has 0 spiro atoms. The Morgan fingerprint density at radius 3 is 2.88 bits per heavy atom. The molecule has 0 saturated carbocycles. The highest BCUT2D eigenvalue weighted by molar-refractivity contribution is 6.63. The average molecular weight is 257 g/mol. The van der Waals surface area contributed by atoms with E-state index in [9.17, 15) is 4.79 Å². The standard InChI is InChI=1S/C12H10Cl2O2/c1-7-2-4-9(13)12-11(7)8(6-16-12)3-5-10(14)15/h2,4,6H,3,5H2,1H3. The van der Waals surface area contributed by atoms with Gasteiger partial charge < -0.3 is 4.42 Å². The van der Waals surface area contributed by atoms with Gasteiger partial charge in [-0.1, -0.05) is 17.7 Å². The Labute approximate surface area is 103 Å². The predicted octanol–water partition coefficient (Wildman–Crippen LogP) is 4.09. The molecule has 0 N–H and O–H groups in total. The van der Waals surface area contributed by atoms with Gasteiger partial charge in [0, 0.05) is 11.8 Å². The van der Waals surface area contributed by atoms with Crippen LogP contribution in [0.15, 0.2) is 22.8 Å². The molecule has 1 aromatic heterocycles. The van der Waals surface area contributed by atoms with Gasteiger partial charge in [-0.25, -0.2) is 0 Å². The van der Waals surface area contributed by atoms with E-state index in [4.69, 9.17) is 27.6 Å². The molecule has 16 heavy (non-hydrogen) atoms. The summed E-state index contributed by atoms with van der Waals surface area (Å²) < 4.78 is 5.41. The first kappa shape index (κ1) is 11.5. The summed E-state index contributed by atoms with van der Waals surface area (Å²) in [7, 11) is 0. The Bertz CT molecular complexity index is 543. The molecule has 2 rings (SSSR count). The van der Waals surface area contributed by atoms with Gasteiger partial charge in [0.25, 0.3) is 0 Å². The second-order valence-electron chi connectivity index (χ2n) is 3.68. The highest BCUT2D eigenvalue weighted by Crippen LogP contribution is 2.31. The number of fused-ring (bicyclic) bond motifs is 1. The Hall–Kier alpha value is -0.990. The lowest BCUT2D eigenvalue weighted by molar-refractivity contribution is -0.111. The van der Waals surface area contributed by atoms with E-state index in [1.54, 1.807) is 12.3 Å². The zero-order valence-electron chi connectivity index (χ0n) is 8.72. The number of rotatable bonds is 3. The van der Waals surface area contributed by atoms with Crippen LogP contribution in [-0.4, -0.2) is 5.24 Å². The maximum absolute atomic E-state index is 10.7. The SMILES string of the molecule is Cc1ccc(Cl)c2occ(CCC(=O)Cl)c12. The fraction of sp³-hybridized carbons (Fsp3) is 0.250. The van der Waals surface area contributed by atoms with Crippen molar-refractivity contribution in [1.82, 2.24) is 0 Å². The molecule has 0 unspecified atom stereocenters. The number of furan rings is 1. The molecule has 0 aliphatic carbocycles. The van der Waals surface area contributed by atoms with Gasteiger partial charge in [0.1, 0.15) is 0 Å². The predicted molar refractivity (Wildman–Crippen MR) is 65.1 cm³/mol. The number of aryl methyl sites for hydroxylation is 2. The van der Waals surface area contributed by atoms with Crippen LogP contribution in [0.2, 0.25) is 5.02 Å². The zero-order valence-corrected chi connectivity index (χ0v) is 10.2. The third kappa shape index (κ3) is 2.08. The van der Waals surface area contributed by atoms with Crippen molar-refractivity contribution in [2.45, 2.75) is 19.8 Å². The summed E-state index contributed by atoms with van der Waals surface area (Å²) in [6.45, 7) is 1.99. The lowest BCUT2D eigenvalue weighted by Gasteiger charge is -2.00. The zero-order chi connectivity index (χ0) is 11.7. The minimum Gasteiger partial charge on any atom is -0.462 e. The van der Waals surface area contributed by atoms with Crippen molar-refractivity contribution in [3.05, 3.63) is 34.5 Å². The lowest BCUT2D eigenvalue weighted by atomic mass is 10.0. The molecule has 1 heterocycles. The Kier molecular flexibility index (Phi) is 3.22. The number of carbonyl (C=O) groups excluding carboxylic acids is 1. The molecule has 0 aliphatic rings. The van der Waals surface area contributed by atoms with E-state index < -0.39 is 0 Å². The lowest BCUT2D eigenvalue weighted by Crippen LogP contribution is -1.91. The smallest absolute Gasteiger partial charge is 0.221 e. The molecule has 0 aliphatic heterocycles. The van der Waals surface area contributed by atoms with Gasteiger partial charge >= 0.3 is 0 Å². The van der Waals surface area contributed by atoms with Crippen LogP contribution in [0, 0.1) is 6.92 Å². The maximum Gasteiger partial charge on any atom is 0.221 e. The van der Waals surface area contributed by atoms with Crippen LogP contribution >= 0.6 is 23.2 Å². The average Bonchev–Trinajstić information content (AvgIpc) is 2.65. The normalized spacial score (nSPS) is 10.9. The van der Waals surface area contributed by atoms with Gasteiger partial charge in [-0.05, 0) is 42.1 Å². The highest BCUT2D eigenvalue weighted by Gasteiger charge is 2.12. The van der Waals surface area contributed by atoms with E-state index in [2.05, 4.69) is 0 Å². The monoisotopic (exact) mass is 256 g/mol. The van der Waals surface area contributed by atoms with E-state index in [0.29, 0.717) is 23.4 Å². The second-order valence-corrected chi connectivity index (χ2v) is 4.51. The molecule has 0 bridgehead atoms. The first-order valence-corrected chi connectivity index (χ1v) is 5.68. The van der Waals surface area contributed by atoms with Crippen LogP contribution in [0.1, 0.15) is 17.5 Å². The second kappa shape index (κ2) is 4.48. The van der Waals surface area contributed by atoms with Crippen molar-refractivity contribution < 1.29 is 9.21 Å². The van der Waals surface area contributed by atoms with Crippen molar-refractivity contribution in [3.63, 3.8) is 0 Å². The molecular weight excluding hydrogens is 247 g/mol. The Morgan fingerprint density at radius 2 is 2.19 bits per heavy atom. The fourth-order valence-electron chi connectivity index (χ4n) is 1.78. The van der Waals surface area contributed by atoms with Gasteiger partial charge in [0.2, 0.25) is 5.24 Å². The fourth-order valence-corrected chi connectivity index (χ4v) is 2.07. The number of benzene rings is 1. The molecule has 0 saturated heterocycles. The van der Waals surface area contributed by atoms with Gasteiger partial charge in [-0.2, -0.15) is 0 Å². The van der Waals surface area contributed by atoms with E-state index in [0.717, 1.165) is 16.5 Å². The van der Waals surface area contributed by atoms with Crippen molar-refractivity contribution >= 4 is 39.4 Å². The summed E-state index contributed by atoms with van der Waals surface area (Å²) in [5, 5.41) is 1.24. The summed E-state index contributed by atoms with van der Waals surface area (Å²) in [5.41, 5.74) is 2.74. The van der Waals surface area contributed by atoms with Crippen molar-refractivity contribution in [2.24, 2.45) is 0 Å². The van der Waals surface area contributed by atoms with Gasteiger partial charge in [-0.15, -0.1) is 0 Å². The van der Waals surface area contributed by atoms with Crippen LogP contribution in [-0.2, 0) is 11.2 Å². The molecule has 2 aromatic rings. The first-order chi connectivity index (χ1) is 7.59. The molecule has 0 radical (unpaired) electrons. The van der Waals surface area contributed by atoms with Crippen molar-refractivity contribution in [2.75, 3.05) is 0 Å². The Balaban J connectivity index is 2.47. The molecule has 0 atom stereocenters. The highest BCUT2D eigenvalue weighted by atomic mass is 35.5. The molecule has 2 nitrogen and oxygen atoms in total. The molecule has 1 aromatic carbocycles. The minimum atomic E-state index is -0.339. The summed E-state index contributed by atoms with van der Waals surface area (Å²) in [6, 6.07) is 3.74. The number of hydrogen-bond acceptors (Lipinski definition) is 2. The Morgan fingerprint density at radius 1 is 1.44 bits per heavy atom. The number of carbonyl (C=O) groups is 1. The molecule has 4 heteroatoms. The van der Waals surface area contributed by atoms with Crippen LogP contribution in [0.3, 0.4) is 0 Å². The third-order valence-corrected chi connectivity index (χ3v) is 3.04. The summed E-state index contributed by atoms with van der Waals surface area (Å²) in [4.78, 5) is 10.7. The maximum atomic E-state index is 10.7.